The van der Waals surface area contributed by atoms with E-state index in [0.29, 0.717) is 0 Å². The van der Waals surface area contributed by atoms with Crippen molar-refractivity contribution in [2.24, 2.45) is 5.73 Å². The van der Waals surface area contributed by atoms with Crippen LogP contribution >= 0.6 is 22.9 Å². The molecule has 4 heteroatoms. The Morgan fingerprint density at radius 3 is 2.50 bits per heavy atom. The number of hydrogen-bond donors (Lipinski definition) is 2. The molecule has 0 saturated carbocycles. The number of amides is 1. The smallest absolute Gasteiger partial charge is 0.232 e. The normalized spacial score (nSPS) is 8.17. The molecule has 3 N–H and O–H groups in total. The van der Waals surface area contributed by atoms with Crippen molar-refractivity contribution in [2.45, 2.75) is 0 Å². The molecule has 0 atom stereocenters. The summed E-state index contributed by atoms with van der Waals surface area (Å²) in [7, 11) is 0. The van der Waals surface area contributed by atoms with Crippen molar-refractivity contribution in [1.29, 1.82) is 0 Å². The lowest BCUT2D eigenvalue weighted by Crippen LogP contribution is -2.21. The molecule has 0 aromatic rings. The SMILES string of the molecule is NC(=O)CNI. The number of primary amides is 1. The Bertz CT molecular complexity index is 55.5. The van der Waals surface area contributed by atoms with Crippen LogP contribution in [0.1, 0.15) is 0 Å². The maximum Gasteiger partial charge on any atom is 0.232 e. The van der Waals surface area contributed by atoms with E-state index in [4.69, 9.17) is 5.73 Å². The molecule has 0 radical (unpaired) electrons. The minimum atomic E-state index is -0.329. The minimum Gasteiger partial charge on any atom is -0.369 e. The third kappa shape index (κ3) is 4.16. The van der Waals surface area contributed by atoms with Crippen LogP contribution in [0.15, 0.2) is 0 Å². The summed E-state index contributed by atoms with van der Waals surface area (Å²) in [4.78, 5) is 9.75. The van der Waals surface area contributed by atoms with Crippen molar-refractivity contribution < 1.29 is 4.79 Å². The molecule has 0 aliphatic carbocycles. The number of halogens is 1. The Hall–Kier alpha value is 0.160. The first kappa shape index (κ1) is 6.16. The maximum absolute atomic E-state index is 9.75. The Labute approximate surface area is 49.8 Å². The van der Waals surface area contributed by atoms with Crippen molar-refractivity contribution in [3.05, 3.63) is 0 Å². The fourth-order valence-electron chi connectivity index (χ4n) is 0.0659. The summed E-state index contributed by atoms with van der Waals surface area (Å²) >= 11 is 1.85. The highest BCUT2D eigenvalue weighted by atomic mass is 127. The lowest BCUT2D eigenvalue weighted by Gasteiger charge is -1.83. The number of carbonyl (C=O) groups is 1. The van der Waals surface area contributed by atoms with E-state index >= 15 is 0 Å². The summed E-state index contributed by atoms with van der Waals surface area (Å²) in [6.45, 7) is 0.251. The maximum atomic E-state index is 9.75. The molecule has 0 unspecified atom stereocenters. The quantitative estimate of drug-likeness (QED) is 0.462. The van der Waals surface area contributed by atoms with Crippen molar-refractivity contribution in [1.82, 2.24) is 3.53 Å². The molecular formula is C2H5IN2O. The predicted molar refractivity (Wildman–Crippen MR) is 31.2 cm³/mol. The van der Waals surface area contributed by atoms with Gasteiger partial charge in [-0.15, -0.1) is 0 Å². The molecule has 0 rings (SSSR count). The number of nitrogens with two attached hydrogens (primary N) is 1. The second-order valence-electron chi connectivity index (χ2n) is 0.777. The van der Waals surface area contributed by atoms with Gasteiger partial charge >= 0.3 is 0 Å². The van der Waals surface area contributed by atoms with E-state index in [2.05, 4.69) is 3.53 Å². The zero-order valence-electron chi connectivity index (χ0n) is 3.07. The van der Waals surface area contributed by atoms with E-state index in [-0.39, 0.29) is 12.5 Å². The van der Waals surface area contributed by atoms with Crippen molar-refractivity contribution in [3.63, 3.8) is 0 Å². The predicted octanol–water partition coefficient (Wildman–Crippen LogP) is -0.589. The Morgan fingerprint density at radius 2 is 2.50 bits per heavy atom. The Kier molecular flexibility index (Phi) is 3.44. The van der Waals surface area contributed by atoms with Crippen LogP contribution in [0.3, 0.4) is 0 Å². The lowest BCUT2D eigenvalue weighted by atomic mass is 10.7. The fraction of sp³-hybridized carbons (Fsp3) is 0.500. The third-order valence-electron chi connectivity index (χ3n) is 0.241. The first-order valence-electron chi connectivity index (χ1n) is 1.39. The molecule has 1 amide bonds. The standard InChI is InChI=1S/C2H5IN2O/c3-5-1-2(4)6/h5H,1H2,(H2,4,6). The molecule has 0 aromatic carbocycles. The minimum absolute atomic E-state index is 0.251. The lowest BCUT2D eigenvalue weighted by molar-refractivity contribution is -0.116. The van der Waals surface area contributed by atoms with E-state index in [1.807, 2.05) is 22.9 Å². The van der Waals surface area contributed by atoms with Gasteiger partial charge in [-0.1, -0.05) is 0 Å². The van der Waals surface area contributed by atoms with Crippen LogP contribution in [0.5, 0.6) is 0 Å². The highest BCUT2D eigenvalue weighted by molar-refractivity contribution is 14.1. The zero-order chi connectivity index (χ0) is 4.99. The number of hydrogen-bond acceptors (Lipinski definition) is 2. The average molecular weight is 200 g/mol. The van der Waals surface area contributed by atoms with E-state index < -0.39 is 0 Å². The summed E-state index contributed by atoms with van der Waals surface area (Å²) in [6.07, 6.45) is 0. The summed E-state index contributed by atoms with van der Waals surface area (Å²) in [6, 6.07) is 0. The van der Waals surface area contributed by atoms with Gasteiger partial charge in [-0.05, 0) is 0 Å². The molecule has 3 nitrogen and oxygen atoms in total. The molecule has 0 bridgehead atoms. The fourth-order valence-corrected chi connectivity index (χ4v) is 0.442. The highest BCUT2D eigenvalue weighted by Crippen LogP contribution is 1.63. The molecule has 0 aromatic heterocycles. The second kappa shape index (κ2) is 3.35. The van der Waals surface area contributed by atoms with Gasteiger partial charge in [0.05, 0.1) is 6.54 Å². The first-order valence-corrected chi connectivity index (χ1v) is 2.47. The monoisotopic (exact) mass is 200 g/mol. The Balaban J connectivity index is 2.83. The molecule has 6 heavy (non-hydrogen) atoms. The molecule has 0 fully saturated rings. The van der Waals surface area contributed by atoms with Crippen LogP contribution in [-0.2, 0) is 4.79 Å². The molecule has 0 heterocycles. The van der Waals surface area contributed by atoms with E-state index in [0.717, 1.165) is 0 Å². The first-order chi connectivity index (χ1) is 2.77. The van der Waals surface area contributed by atoms with Gasteiger partial charge in [0, 0.05) is 22.9 Å². The van der Waals surface area contributed by atoms with E-state index in [9.17, 15) is 4.79 Å². The van der Waals surface area contributed by atoms with Gasteiger partial charge in [-0.25, -0.2) is 0 Å². The largest absolute Gasteiger partial charge is 0.369 e. The van der Waals surface area contributed by atoms with Crippen LogP contribution in [-0.4, -0.2) is 12.5 Å². The van der Waals surface area contributed by atoms with Gasteiger partial charge in [0.25, 0.3) is 0 Å². The number of carbonyl (C=O) groups excluding carboxylic acids is 1. The van der Waals surface area contributed by atoms with Crippen LogP contribution in [0.4, 0.5) is 0 Å². The molecule has 0 aliphatic heterocycles. The molecule has 0 aliphatic rings. The van der Waals surface area contributed by atoms with Gasteiger partial charge in [0.15, 0.2) is 0 Å². The average Bonchev–Trinajstić information content (AvgIpc) is 1.35. The molecule has 0 spiro atoms. The van der Waals surface area contributed by atoms with Gasteiger partial charge in [0.2, 0.25) is 5.91 Å². The summed E-state index contributed by atoms with van der Waals surface area (Å²) < 4.78 is 2.56. The van der Waals surface area contributed by atoms with Gasteiger partial charge in [0.1, 0.15) is 0 Å². The summed E-state index contributed by atoms with van der Waals surface area (Å²) in [5.41, 5.74) is 4.70. The topological polar surface area (TPSA) is 55.1 Å². The van der Waals surface area contributed by atoms with Crippen LogP contribution < -0.4 is 9.26 Å². The van der Waals surface area contributed by atoms with E-state index in [1.165, 1.54) is 0 Å². The third-order valence-corrected chi connectivity index (χ3v) is 0.622. The number of rotatable bonds is 2. The number of nitrogens with one attached hydrogen (secondary N) is 1. The van der Waals surface area contributed by atoms with Crippen LogP contribution in [0, 0.1) is 0 Å². The van der Waals surface area contributed by atoms with Crippen LogP contribution in [0.25, 0.3) is 0 Å². The molecular weight excluding hydrogens is 195 g/mol. The van der Waals surface area contributed by atoms with E-state index in [1.54, 1.807) is 0 Å². The van der Waals surface area contributed by atoms with Crippen molar-refractivity contribution in [3.8, 4) is 0 Å². The summed E-state index contributed by atoms with van der Waals surface area (Å²) in [5.74, 6) is -0.329. The van der Waals surface area contributed by atoms with Crippen molar-refractivity contribution in [2.75, 3.05) is 6.54 Å². The van der Waals surface area contributed by atoms with Gasteiger partial charge in [-0.2, -0.15) is 0 Å². The molecule has 36 valence electrons. The summed E-state index contributed by atoms with van der Waals surface area (Å²) in [5, 5.41) is 0. The highest BCUT2D eigenvalue weighted by Gasteiger charge is 1.84. The van der Waals surface area contributed by atoms with Crippen LogP contribution in [0.2, 0.25) is 0 Å². The van der Waals surface area contributed by atoms with Crippen molar-refractivity contribution >= 4 is 28.8 Å². The second-order valence-corrected chi connectivity index (χ2v) is 1.54. The Morgan fingerprint density at radius 1 is 2.00 bits per heavy atom. The zero-order valence-corrected chi connectivity index (χ0v) is 5.23. The van der Waals surface area contributed by atoms with Gasteiger partial charge < -0.3 is 5.73 Å². The molecule has 0 saturated heterocycles. The van der Waals surface area contributed by atoms with Gasteiger partial charge in [-0.3, -0.25) is 8.32 Å².